The summed E-state index contributed by atoms with van der Waals surface area (Å²) in [6.45, 7) is 25.3. The molecule has 0 N–H and O–H groups in total. The average Bonchev–Trinajstić information content (AvgIpc) is 3.25. The Labute approximate surface area is 198 Å². The highest BCUT2D eigenvalue weighted by molar-refractivity contribution is 5.01. The minimum Gasteiger partial charge on any atom is -0.0654 e. The van der Waals surface area contributed by atoms with E-state index in [2.05, 4.69) is 69.2 Å². The molecule has 184 valence electrons. The zero-order chi connectivity index (χ0) is 23.3. The molecule has 11 unspecified atom stereocenters. The Kier molecular flexibility index (Phi) is 10.5. The fraction of sp³-hybridized carbons (Fsp3) is 1.00. The molecule has 2 aliphatic rings. The molecule has 2 aliphatic carbocycles. The Bertz CT molecular complexity index is 508. The van der Waals surface area contributed by atoms with Gasteiger partial charge in [-0.3, -0.25) is 0 Å². The van der Waals surface area contributed by atoms with Gasteiger partial charge in [0.2, 0.25) is 0 Å². The van der Waals surface area contributed by atoms with Crippen LogP contribution in [0.3, 0.4) is 0 Å². The topological polar surface area (TPSA) is 0 Å². The van der Waals surface area contributed by atoms with Crippen LogP contribution in [0.2, 0.25) is 0 Å². The molecule has 0 aromatic heterocycles. The van der Waals surface area contributed by atoms with Crippen molar-refractivity contribution in [3.05, 3.63) is 0 Å². The Morgan fingerprint density at radius 2 is 1.42 bits per heavy atom. The molecule has 0 heteroatoms. The Hall–Kier alpha value is 0. The molecule has 31 heavy (non-hydrogen) atoms. The van der Waals surface area contributed by atoms with Crippen molar-refractivity contribution >= 4 is 0 Å². The van der Waals surface area contributed by atoms with Gasteiger partial charge in [-0.05, 0) is 90.3 Å². The van der Waals surface area contributed by atoms with Gasteiger partial charge in [0.25, 0.3) is 0 Å². The zero-order valence-corrected chi connectivity index (χ0v) is 23.3. The normalized spacial score (nSPS) is 36.6. The van der Waals surface area contributed by atoms with Gasteiger partial charge < -0.3 is 0 Å². The van der Waals surface area contributed by atoms with E-state index in [0.29, 0.717) is 5.41 Å². The Morgan fingerprint density at radius 3 is 2.00 bits per heavy atom. The number of hydrogen-bond donors (Lipinski definition) is 0. The van der Waals surface area contributed by atoms with Crippen molar-refractivity contribution in [2.45, 2.75) is 133 Å². The van der Waals surface area contributed by atoms with Crippen molar-refractivity contribution in [2.75, 3.05) is 0 Å². The van der Waals surface area contributed by atoms with Crippen molar-refractivity contribution in [3.8, 4) is 0 Å². The molecule has 2 rings (SSSR count). The lowest BCUT2D eigenvalue weighted by molar-refractivity contribution is 0.110. The lowest BCUT2D eigenvalue weighted by atomic mass is 9.67. The van der Waals surface area contributed by atoms with Gasteiger partial charge in [0, 0.05) is 0 Å². The third kappa shape index (κ3) is 6.12. The van der Waals surface area contributed by atoms with Crippen LogP contribution in [0.4, 0.5) is 0 Å². The molecule has 0 bridgehead atoms. The highest BCUT2D eigenvalue weighted by atomic mass is 14.6. The first-order valence-electron chi connectivity index (χ1n) is 14.6. The molecule has 0 nitrogen and oxygen atoms in total. The van der Waals surface area contributed by atoms with Crippen molar-refractivity contribution in [1.82, 2.24) is 0 Å². The number of fused-ring (bicyclic) bond motifs is 1. The maximum atomic E-state index is 2.67. The van der Waals surface area contributed by atoms with Crippen LogP contribution in [-0.2, 0) is 0 Å². The highest BCUT2D eigenvalue weighted by Crippen LogP contribution is 2.59. The molecule has 11 atom stereocenters. The van der Waals surface area contributed by atoms with Gasteiger partial charge in [0.15, 0.2) is 0 Å². The maximum Gasteiger partial charge on any atom is -0.0303 e. The predicted octanol–water partition coefficient (Wildman–Crippen LogP) is 10.3. The molecule has 0 aromatic rings. The summed E-state index contributed by atoms with van der Waals surface area (Å²) < 4.78 is 0. The van der Waals surface area contributed by atoms with Crippen LogP contribution in [0.1, 0.15) is 133 Å². The lowest BCUT2D eigenvalue weighted by Crippen LogP contribution is -2.31. The van der Waals surface area contributed by atoms with E-state index in [9.17, 15) is 0 Å². The molecule has 0 aromatic carbocycles. The van der Waals surface area contributed by atoms with E-state index in [0.717, 1.165) is 59.2 Å². The monoisotopic (exact) mass is 432 g/mol. The molecular weight excluding hydrogens is 372 g/mol. The van der Waals surface area contributed by atoms with E-state index < -0.39 is 0 Å². The largest absolute Gasteiger partial charge is 0.0654 e. The van der Waals surface area contributed by atoms with Gasteiger partial charge in [-0.15, -0.1) is 0 Å². The Morgan fingerprint density at radius 1 is 0.806 bits per heavy atom. The van der Waals surface area contributed by atoms with Gasteiger partial charge in [0.1, 0.15) is 0 Å². The van der Waals surface area contributed by atoms with Crippen molar-refractivity contribution in [1.29, 1.82) is 0 Å². The van der Waals surface area contributed by atoms with E-state index in [4.69, 9.17) is 0 Å². The minimum absolute atomic E-state index is 0.553. The lowest BCUT2D eigenvalue weighted by Gasteiger charge is -2.38. The van der Waals surface area contributed by atoms with Crippen LogP contribution >= 0.6 is 0 Å². The maximum absolute atomic E-state index is 2.67. The predicted molar refractivity (Wildman–Crippen MR) is 140 cm³/mol. The summed E-state index contributed by atoms with van der Waals surface area (Å²) in [6, 6.07) is 0. The first-order chi connectivity index (χ1) is 14.6. The van der Waals surface area contributed by atoms with E-state index >= 15 is 0 Å². The molecular formula is C31H60. The summed E-state index contributed by atoms with van der Waals surface area (Å²) in [5.74, 6) is 9.49. The average molecular weight is 433 g/mol. The van der Waals surface area contributed by atoms with E-state index in [1.54, 1.807) is 0 Å². The second-order valence-electron chi connectivity index (χ2n) is 13.1. The van der Waals surface area contributed by atoms with Gasteiger partial charge in [-0.25, -0.2) is 0 Å². The molecule has 0 saturated heterocycles. The van der Waals surface area contributed by atoms with Crippen LogP contribution in [0.15, 0.2) is 0 Å². The van der Waals surface area contributed by atoms with Crippen LogP contribution in [0, 0.1) is 64.6 Å². The van der Waals surface area contributed by atoms with Crippen LogP contribution in [0.25, 0.3) is 0 Å². The summed E-state index contributed by atoms with van der Waals surface area (Å²) >= 11 is 0. The van der Waals surface area contributed by atoms with Crippen molar-refractivity contribution in [3.63, 3.8) is 0 Å². The van der Waals surface area contributed by atoms with Gasteiger partial charge in [-0.2, -0.15) is 0 Å². The fourth-order valence-electron chi connectivity index (χ4n) is 8.66. The van der Waals surface area contributed by atoms with E-state index in [1.807, 2.05) is 0 Å². The third-order valence-corrected chi connectivity index (χ3v) is 11.3. The Balaban J connectivity index is 2.02. The number of hydrogen-bond acceptors (Lipinski definition) is 0. The zero-order valence-electron chi connectivity index (χ0n) is 23.3. The van der Waals surface area contributed by atoms with Crippen LogP contribution in [-0.4, -0.2) is 0 Å². The van der Waals surface area contributed by atoms with Crippen LogP contribution in [0.5, 0.6) is 0 Å². The second kappa shape index (κ2) is 11.9. The minimum atomic E-state index is 0.553. The van der Waals surface area contributed by atoms with Crippen LogP contribution < -0.4 is 0 Å². The smallest absolute Gasteiger partial charge is 0.0303 e. The molecule has 2 fully saturated rings. The summed E-state index contributed by atoms with van der Waals surface area (Å²) in [4.78, 5) is 0. The second-order valence-corrected chi connectivity index (χ2v) is 13.1. The van der Waals surface area contributed by atoms with E-state index in [1.165, 1.54) is 64.2 Å². The van der Waals surface area contributed by atoms with Gasteiger partial charge in [-0.1, -0.05) is 108 Å². The highest BCUT2D eigenvalue weighted by Gasteiger charge is 2.52. The molecule has 0 amide bonds. The third-order valence-electron chi connectivity index (χ3n) is 11.3. The number of rotatable bonds is 13. The molecule has 2 saturated carbocycles. The molecule has 0 spiro atoms. The summed E-state index contributed by atoms with van der Waals surface area (Å²) in [5, 5.41) is 0. The standard InChI is InChI=1S/C31H60/c1-11-14-18-31(10,13-3)25(8)16-15-17-27(21(4)12-2)26(9)28-20-24(7)29-22(5)19-23(6)30(28)29/h21-30H,11-20H2,1-10H3. The molecule has 0 aliphatic heterocycles. The SMILES string of the molecule is CCCCC(C)(CC)C(C)CCCC(C(C)CC)C(C)C1CC(C)C2C(C)CC(C)C12. The van der Waals surface area contributed by atoms with Crippen molar-refractivity contribution in [2.24, 2.45) is 64.6 Å². The van der Waals surface area contributed by atoms with Crippen molar-refractivity contribution < 1.29 is 0 Å². The number of unbranched alkanes of at least 4 members (excludes halogenated alkanes) is 1. The molecule has 0 radical (unpaired) electrons. The molecule has 0 heterocycles. The quantitative estimate of drug-likeness (QED) is 0.271. The summed E-state index contributed by atoms with van der Waals surface area (Å²) in [6.07, 6.45) is 14.2. The van der Waals surface area contributed by atoms with Gasteiger partial charge >= 0.3 is 0 Å². The first-order valence-corrected chi connectivity index (χ1v) is 14.6. The van der Waals surface area contributed by atoms with E-state index in [-0.39, 0.29) is 0 Å². The fourth-order valence-corrected chi connectivity index (χ4v) is 8.66. The summed E-state index contributed by atoms with van der Waals surface area (Å²) in [5.41, 5.74) is 0.553. The first kappa shape index (κ1) is 27.2. The summed E-state index contributed by atoms with van der Waals surface area (Å²) in [7, 11) is 0. The van der Waals surface area contributed by atoms with Gasteiger partial charge in [0.05, 0.1) is 0 Å².